The van der Waals surface area contributed by atoms with Crippen molar-refractivity contribution in [2.75, 3.05) is 26.8 Å². The lowest BCUT2D eigenvalue weighted by molar-refractivity contribution is 0.0682. The van der Waals surface area contributed by atoms with Crippen molar-refractivity contribution in [3.63, 3.8) is 0 Å². The standard InChI is InChI=1S/C20H23N3O3/c1-3-12-26-19-13-17(4-5-18(19)25-2)20(24)23-9-6-16(7-10-23)14-22-11-8-21-15-22/h1,4-5,8,11,13,15-16H,6-7,9-10,12,14H2,2H3. The van der Waals surface area contributed by atoms with Crippen LogP contribution in [0.3, 0.4) is 0 Å². The Labute approximate surface area is 153 Å². The Morgan fingerprint density at radius 3 is 2.81 bits per heavy atom. The highest BCUT2D eigenvalue weighted by Gasteiger charge is 2.24. The second-order valence-electron chi connectivity index (χ2n) is 6.35. The van der Waals surface area contributed by atoms with E-state index in [4.69, 9.17) is 15.9 Å². The molecule has 0 spiro atoms. The molecule has 0 radical (unpaired) electrons. The first-order chi connectivity index (χ1) is 12.7. The Morgan fingerprint density at radius 1 is 1.35 bits per heavy atom. The van der Waals surface area contributed by atoms with Gasteiger partial charge in [-0.3, -0.25) is 4.79 Å². The molecule has 0 bridgehead atoms. The van der Waals surface area contributed by atoms with E-state index in [1.807, 2.05) is 17.4 Å². The number of carbonyl (C=O) groups excluding carboxylic acids is 1. The number of hydrogen-bond acceptors (Lipinski definition) is 4. The fourth-order valence-electron chi connectivity index (χ4n) is 3.24. The van der Waals surface area contributed by atoms with E-state index in [0.717, 1.165) is 32.5 Å². The molecule has 6 nitrogen and oxygen atoms in total. The van der Waals surface area contributed by atoms with E-state index < -0.39 is 0 Å². The third kappa shape index (κ3) is 4.17. The Bertz CT molecular complexity index is 772. The number of likely N-dealkylation sites (tertiary alicyclic amines) is 1. The highest BCUT2D eigenvalue weighted by Crippen LogP contribution is 2.29. The molecule has 2 aromatic rings. The Kier molecular flexibility index (Phi) is 5.80. The second kappa shape index (κ2) is 8.43. The summed E-state index contributed by atoms with van der Waals surface area (Å²) in [6.45, 7) is 2.60. The summed E-state index contributed by atoms with van der Waals surface area (Å²) in [5.41, 5.74) is 0.589. The predicted octanol–water partition coefficient (Wildman–Crippen LogP) is 2.46. The lowest BCUT2D eigenvalue weighted by atomic mass is 9.96. The van der Waals surface area contributed by atoms with Crippen molar-refractivity contribution in [3.05, 3.63) is 42.5 Å². The fraction of sp³-hybridized carbons (Fsp3) is 0.400. The van der Waals surface area contributed by atoms with Crippen molar-refractivity contribution >= 4 is 5.91 Å². The van der Waals surface area contributed by atoms with Gasteiger partial charge in [-0.15, -0.1) is 6.42 Å². The van der Waals surface area contributed by atoms with E-state index in [1.165, 1.54) is 0 Å². The molecule has 3 rings (SSSR count). The van der Waals surface area contributed by atoms with Crippen molar-refractivity contribution in [1.82, 2.24) is 14.5 Å². The number of amides is 1. The van der Waals surface area contributed by atoms with E-state index in [2.05, 4.69) is 15.5 Å². The summed E-state index contributed by atoms with van der Waals surface area (Å²) in [6, 6.07) is 5.21. The number of rotatable bonds is 6. The molecule has 1 aliphatic rings. The van der Waals surface area contributed by atoms with Crippen LogP contribution in [0.15, 0.2) is 36.9 Å². The maximum atomic E-state index is 12.8. The number of imidazole rings is 1. The van der Waals surface area contributed by atoms with Crippen LogP contribution in [0.4, 0.5) is 0 Å². The van der Waals surface area contributed by atoms with Gasteiger partial charge in [0.25, 0.3) is 5.91 Å². The summed E-state index contributed by atoms with van der Waals surface area (Å²) in [5.74, 6) is 4.06. The minimum Gasteiger partial charge on any atom is -0.493 e. The van der Waals surface area contributed by atoms with Gasteiger partial charge in [0.1, 0.15) is 6.61 Å². The van der Waals surface area contributed by atoms with E-state index in [9.17, 15) is 4.79 Å². The zero-order valence-corrected chi connectivity index (χ0v) is 14.9. The van der Waals surface area contributed by atoms with Crippen LogP contribution in [-0.4, -0.2) is 47.2 Å². The molecule has 136 valence electrons. The van der Waals surface area contributed by atoms with Crippen LogP contribution in [-0.2, 0) is 6.54 Å². The molecule has 1 aromatic carbocycles. The fourth-order valence-corrected chi connectivity index (χ4v) is 3.24. The average Bonchev–Trinajstić information content (AvgIpc) is 3.19. The van der Waals surface area contributed by atoms with Crippen LogP contribution in [0.1, 0.15) is 23.2 Å². The average molecular weight is 353 g/mol. The summed E-state index contributed by atoms with van der Waals surface area (Å²) < 4.78 is 12.8. The maximum absolute atomic E-state index is 12.8. The van der Waals surface area contributed by atoms with Crippen LogP contribution >= 0.6 is 0 Å². The number of piperidine rings is 1. The van der Waals surface area contributed by atoms with E-state index in [1.54, 1.807) is 31.5 Å². The summed E-state index contributed by atoms with van der Waals surface area (Å²) in [4.78, 5) is 18.8. The molecule has 0 unspecified atom stereocenters. The van der Waals surface area contributed by atoms with Crippen LogP contribution in [0.5, 0.6) is 11.5 Å². The van der Waals surface area contributed by atoms with Crippen LogP contribution < -0.4 is 9.47 Å². The molecular formula is C20H23N3O3. The normalized spacial score (nSPS) is 14.7. The van der Waals surface area contributed by atoms with Gasteiger partial charge < -0.3 is 18.9 Å². The molecule has 0 N–H and O–H groups in total. The first-order valence-electron chi connectivity index (χ1n) is 8.70. The zero-order valence-electron chi connectivity index (χ0n) is 14.9. The van der Waals surface area contributed by atoms with Gasteiger partial charge in [0.2, 0.25) is 0 Å². The van der Waals surface area contributed by atoms with Gasteiger partial charge in [0.05, 0.1) is 13.4 Å². The number of methoxy groups -OCH3 is 1. The van der Waals surface area contributed by atoms with E-state index in [-0.39, 0.29) is 12.5 Å². The molecule has 0 saturated carbocycles. The molecule has 2 heterocycles. The lowest BCUT2D eigenvalue weighted by Crippen LogP contribution is -2.39. The summed E-state index contributed by atoms with van der Waals surface area (Å²) in [5, 5.41) is 0. The summed E-state index contributed by atoms with van der Waals surface area (Å²) >= 11 is 0. The lowest BCUT2D eigenvalue weighted by Gasteiger charge is -2.32. The van der Waals surface area contributed by atoms with Crippen molar-refractivity contribution in [3.8, 4) is 23.8 Å². The monoisotopic (exact) mass is 353 g/mol. The topological polar surface area (TPSA) is 56.6 Å². The molecular weight excluding hydrogens is 330 g/mol. The summed E-state index contributed by atoms with van der Waals surface area (Å²) in [7, 11) is 1.56. The zero-order chi connectivity index (χ0) is 18.4. The Hall–Kier alpha value is -2.94. The molecule has 6 heteroatoms. The summed E-state index contributed by atoms with van der Waals surface area (Å²) in [6.07, 6.45) is 12.8. The number of terminal acetylenes is 1. The molecule has 26 heavy (non-hydrogen) atoms. The smallest absolute Gasteiger partial charge is 0.253 e. The molecule has 0 atom stereocenters. The SMILES string of the molecule is C#CCOc1cc(C(=O)N2CCC(Cn3ccnc3)CC2)ccc1OC. The second-order valence-corrected chi connectivity index (χ2v) is 6.35. The van der Waals surface area contributed by atoms with Crippen LogP contribution in [0.2, 0.25) is 0 Å². The highest BCUT2D eigenvalue weighted by molar-refractivity contribution is 5.95. The number of aromatic nitrogens is 2. The quantitative estimate of drug-likeness (QED) is 0.749. The first-order valence-corrected chi connectivity index (χ1v) is 8.70. The van der Waals surface area contributed by atoms with Gasteiger partial charge in [-0.2, -0.15) is 0 Å². The third-order valence-corrected chi connectivity index (χ3v) is 4.65. The van der Waals surface area contributed by atoms with Gasteiger partial charge in [0, 0.05) is 37.6 Å². The largest absolute Gasteiger partial charge is 0.493 e. The predicted molar refractivity (Wildman–Crippen MR) is 98.2 cm³/mol. The van der Waals surface area contributed by atoms with E-state index in [0.29, 0.717) is 23.0 Å². The molecule has 1 fully saturated rings. The third-order valence-electron chi connectivity index (χ3n) is 4.65. The minimum atomic E-state index is 0.0132. The maximum Gasteiger partial charge on any atom is 0.253 e. The number of nitrogens with zero attached hydrogens (tertiary/aromatic N) is 3. The Morgan fingerprint density at radius 2 is 2.15 bits per heavy atom. The van der Waals surface area contributed by atoms with Crippen molar-refractivity contribution in [2.24, 2.45) is 5.92 Å². The molecule has 1 aromatic heterocycles. The van der Waals surface area contributed by atoms with Crippen LogP contribution in [0.25, 0.3) is 0 Å². The van der Waals surface area contributed by atoms with Crippen molar-refractivity contribution in [1.29, 1.82) is 0 Å². The van der Waals surface area contributed by atoms with Crippen LogP contribution in [0, 0.1) is 18.3 Å². The minimum absolute atomic E-state index is 0.0132. The van der Waals surface area contributed by atoms with Gasteiger partial charge in [0.15, 0.2) is 11.5 Å². The Balaban J connectivity index is 1.62. The molecule has 1 saturated heterocycles. The van der Waals surface area contributed by atoms with Crippen molar-refractivity contribution < 1.29 is 14.3 Å². The van der Waals surface area contributed by atoms with Gasteiger partial charge in [-0.1, -0.05) is 5.92 Å². The van der Waals surface area contributed by atoms with Gasteiger partial charge in [-0.05, 0) is 37.0 Å². The van der Waals surface area contributed by atoms with Crippen molar-refractivity contribution in [2.45, 2.75) is 19.4 Å². The van der Waals surface area contributed by atoms with Gasteiger partial charge >= 0.3 is 0 Å². The number of carbonyl (C=O) groups is 1. The molecule has 1 amide bonds. The first kappa shape index (κ1) is 17.9. The number of ether oxygens (including phenoxy) is 2. The highest BCUT2D eigenvalue weighted by atomic mass is 16.5. The van der Waals surface area contributed by atoms with E-state index >= 15 is 0 Å². The molecule has 1 aliphatic heterocycles. The number of benzene rings is 1. The number of hydrogen-bond donors (Lipinski definition) is 0. The molecule has 0 aliphatic carbocycles. The van der Waals surface area contributed by atoms with Gasteiger partial charge in [-0.25, -0.2) is 4.98 Å².